The van der Waals surface area contributed by atoms with Crippen LogP contribution in [0, 0.1) is 5.92 Å². The zero-order chi connectivity index (χ0) is 19.8. The number of hydrogen-bond acceptors (Lipinski definition) is 4. The molecule has 29 heavy (non-hydrogen) atoms. The lowest BCUT2D eigenvalue weighted by Gasteiger charge is -2.35. The molecule has 3 fully saturated rings. The molecule has 2 aliphatic heterocycles. The van der Waals surface area contributed by atoms with Crippen molar-refractivity contribution in [2.45, 2.75) is 37.5 Å². The topological polar surface area (TPSA) is 50.8 Å². The van der Waals surface area contributed by atoms with Crippen molar-refractivity contribution in [3.05, 3.63) is 54.1 Å². The molecule has 2 heterocycles. The summed E-state index contributed by atoms with van der Waals surface area (Å²) in [5.74, 6) is 1.60. The highest BCUT2D eigenvalue weighted by molar-refractivity contribution is 5.95. The van der Waals surface area contributed by atoms with E-state index in [0.717, 1.165) is 48.9 Å². The third-order valence-electron chi connectivity index (χ3n) is 6.48. The summed E-state index contributed by atoms with van der Waals surface area (Å²) >= 11 is 0. The second-order valence-electron chi connectivity index (χ2n) is 8.53. The number of nitrogens with one attached hydrogen (secondary N) is 1. The number of amides is 1. The molecule has 2 saturated heterocycles. The quantitative estimate of drug-likeness (QED) is 0.848. The van der Waals surface area contributed by atoms with Crippen molar-refractivity contribution in [2.75, 3.05) is 26.8 Å². The number of carbonyl (C=O) groups is 1. The van der Waals surface area contributed by atoms with Crippen LogP contribution in [0.5, 0.6) is 5.75 Å². The molecular formula is C24H28N2O3. The van der Waals surface area contributed by atoms with Gasteiger partial charge in [-0.25, -0.2) is 0 Å². The van der Waals surface area contributed by atoms with Crippen LogP contribution < -0.4 is 10.1 Å². The third kappa shape index (κ3) is 4.02. The van der Waals surface area contributed by atoms with E-state index in [-0.39, 0.29) is 11.9 Å². The first-order chi connectivity index (χ1) is 14.2. The minimum absolute atomic E-state index is 0.00451. The van der Waals surface area contributed by atoms with Crippen LogP contribution in [0.1, 0.15) is 29.6 Å². The van der Waals surface area contributed by atoms with Crippen LogP contribution in [-0.4, -0.2) is 55.8 Å². The van der Waals surface area contributed by atoms with Gasteiger partial charge >= 0.3 is 0 Å². The zero-order valence-corrected chi connectivity index (χ0v) is 16.8. The zero-order valence-electron chi connectivity index (χ0n) is 16.8. The average Bonchev–Trinajstić information content (AvgIpc) is 3.54. The van der Waals surface area contributed by atoms with Gasteiger partial charge in [0.05, 0.1) is 19.8 Å². The Kier molecular flexibility index (Phi) is 5.02. The van der Waals surface area contributed by atoms with Gasteiger partial charge in [-0.1, -0.05) is 24.3 Å². The summed E-state index contributed by atoms with van der Waals surface area (Å²) in [6, 6.07) is 16.4. The SMILES string of the molecule is COc1ccc(-c2cccc(C(=O)N[C@H]3C[C@H]4CO[C@@H](C5CC5)CN4C3)c2)cc1. The van der Waals surface area contributed by atoms with E-state index in [4.69, 9.17) is 9.47 Å². The Labute approximate surface area is 172 Å². The molecule has 0 unspecified atom stereocenters. The second-order valence-corrected chi connectivity index (χ2v) is 8.53. The van der Waals surface area contributed by atoms with E-state index >= 15 is 0 Å². The van der Waals surface area contributed by atoms with Gasteiger partial charge in [0.25, 0.3) is 5.91 Å². The summed E-state index contributed by atoms with van der Waals surface area (Å²) in [5, 5.41) is 3.25. The monoisotopic (exact) mass is 392 g/mol. The van der Waals surface area contributed by atoms with E-state index in [1.54, 1.807) is 7.11 Å². The number of hydrogen-bond donors (Lipinski definition) is 1. The van der Waals surface area contributed by atoms with Crippen LogP contribution in [0.4, 0.5) is 0 Å². The van der Waals surface area contributed by atoms with Gasteiger partial charge in [0.2, 0.25) is 0 Å². The summed E-state index contributed by atoms with van der Waals surface area (Å²) in [6.07, 6.45) is 4.00. The predicted octanol–water partition coefficient (Wildman–Crippen LogP) is 3.34. The van der Waals surface area contributed by atoms with Crippen molar-refractivity contribution in [1.82, 2.24) is 10.2 Å². The van der Waals surface area contributed by atoms with Crippen LogP contribution in [0.15, 0.2) is 48.5 Å². The van der Waals surface area contributed by atoms with Crippen LogP contribution in [0.25, 0.3) is 11.1 Å². The fourth-order valence-corrected chi connectivity index (χ4v) is 4.65. The summed E-state index contributed by atoms with van der Waals surface area (Å²) < 4.78 is 11.3. The van der Waals surface area contributed by atoms with Crippen molar-refractivity contribution >= 4 is 5.91 Å². The van der Waals surface area contributed by atoms with E-state index in [1.165, 1.54) is 12.8 Å². The minimum Gasteiger partial charge on any atom is -0.497 e. The lowest BCUT2D eigenvalue weighted by Crippen LogP contribution is -2.47. The number of benzene rings is 2. The molecule has 1 aliphatic carbocycles. The highest BCUT2D eigenvalue weighted by Gasteiger charge is 2.42. The van der Waals surface area contributed by atoms with E-state index in [1.807, 2.05) is 48.5 Å². The number of nitrogens with zero attached hydrogens (tertiary/aromatic N) is 1. The molecule has 3 atom stereocenters. The molecule has 1 amide bonds. The maximum atomic E-state index is 12.9. The van der Waals surface area contributed by atoms with E-state index < -0.39 is 0 Å². The first-order valence-electron chi connectivity index (χ1n) is 10.6. The Morgan fingerprint density at radius 3 is 2.69 bits per heavy atom. The Morgan fingerprint density at radius 2 is 1.93 bits per heavy atom. The lowest BCUT2D eigenvalue weighted by atomic mass is 10.0. The van der Waals surface area contributed by atoms with Crippen LogP contribution in [0.2, 0.25) is 0 Å². The number of methoxy groups -OCH3 is 1. The second kappa shape index (κ2) is 7.81. The molecule has 1 N–H and O–H groups in total. The smallest absolute Gasteiger partial charge is 0.251 e. The van der Waals surface area contributed by atoms with Crippen molar-refractivity contribution in [3.63, 3.8) is 0 Å². The van der Waals surface area contributed by atoms with Gasteiger partial charge in [0, 0.05) is 30.7 Å². The van der Waals surface area contributed by atoms with Gasteiger partial charge in [-0.05, 0) is 60.6 Å². The fraction of sp³-hybridized carbons (Fsp3) is 0.458. The van der Waals surface area contributed by atoms with Crippen LogP contribution >= 0.6 is 0 Å². The number of ether oxygens (including phenoxy) is 2. The average molecular weight is 392 g/mol. The highest BCUT2D eigenvalue weighted by atomic mass is 16.5. The van der Waals surface area contributed by atoms with Crippen molar-refractivity contribution in [1.29, 1.82) is 0 Å². The van der Waals surface area contributed by atoms with Crippen LogP contribution in [-0.2, 0) is 4.74 Å². The molecule has 3 aliphatic rings. The van der Waals surface area contributed by atoms with Crippen molar-refractivity contribution in [2.24, 2.45) is 5.92 Å². The van der Waals surface area contributed by atoms with Gasteiger partial charge in [0.15, 0.2) is 0 Å². The Balaban J connectivity index is 1.23. The van der Waals surface area contributed by atoms with E-state index in [2.05, 4.69) is 10.2 Å². The van der Waals surface area contributed by atoms with E-state index in [0.29, 0.717) is 17.7 Å². The molecule has 5 heteroatoms. The molecule has 0 aromatic heterocycles. The molecular weight excluding hydrogens is 364 g/mol. The molecule has 5 rings (SSSR count). The minimum atomic E-state index is 0.00451. The third-order valence-corrected chi connectivity index (χ3v) is 6.48. The Hall–Kier alpha value is -2.37. The fourth-order valence-electron chi connectivity index (χ4n) is 4.65. The molecule has 1 saturated carbocycles. The van der Waals surface area contributed by atoms with Gasteiger partial charge in [0.1, 0.15) is 5.75 Å². The van der Waals surface area contributed by atoms with Gasteiger partial charge in [-0.2, -0.15) is 0 Å². The maximum absolute atomic E-state index is 12.9. The van der Waals surface area contributed by atoms with Crippen molar-refractivity contribution in [3.8, 4) is 16.9 Å². The number of rotatable bonds is 5. The molecule has 2 aromatic rings. The van der Waals surface area contributed by atoms with Gasteiger partial charge in [-0.3, -0.25) is 9.69 Å². The first kappa shape index (κ1) is 18.6. The normalized spacial score (nSPS) is 26.7. The summed E-state index contributed by atoms with van der Waals surface area (Å²) in [5.41, 5.74) is 2.81. The molecule has 0 bridgehead atoms. The van der Waals surface area contributed by atoms with Gasteiger partial charge in [-0.15, -0.1) is 0 Å². The summed E-state index contributed by atoms with van der Waals surface area (Å²) in [6.45, 7) is 2.76. The maximum Gasteiger partial charge on any atom is 0.251 e. The Morgan fingerprint density at radius 1 is 1.10 bits per heavy atom. The summed E-state index contributed by atoms with van der Waals surface area (Å²) in [4.78, 5) is 15.4. The number of morpholine rings is 1. The standard InChI is InChI=1S/C24H28N2O3/c1-28-22-9-7-16(8-10-22)18-3-2-4-19(11-18)24(27)25-20-12-21-15-29-23(17-5-6-17)14-26(21)13-20/h2-4,7-11,17,20-21,23H,5-6,12-15H2,1H3,(H,25,27)/t20-,21-,23+/m0/s1. The van der Waals surface area contributed by atoms with Crippen LogP contribution in [0.3, 0.4) is 0 Å². The molecule has 152 valence electrons. The molecule has 2 aromatic carbocycles. The molecule has 5 nitrogen and oxygen atoms in total. The molecule has 0 radical (unpaired) electrons. The highest BCUT2D eigenvalue weighted by Crippen LogP contribution is 2.38. The number of fused-ring (bicyclic) bond motifs is 1. The van der Waals surface area contributed by atoms with Crippen molar-refractivity contribution < 1.29 is 14.3 Å². The predicted molar refractivity (Wildman–Crippen MR) is 112 cm³/mol. The van der Waals surface area contributed by atoms with E-state index in [9.17, 15) is 4.79 Å². The first-order valence-corrected chi connectivity index (χ1v) is 10.6. The molecule has 0 spiro atoms. The Bertz CT molecular complexity index is 878. The summed E-state index contributed by atoms with van der Waals surface area (Å²) in [7, 11) is 1.66. The van der Waals surface area contributed by atoms with Gasteiger partial charge < -0.3 is 14.8 Å². The lowest BCUT2D eigenvalue weighted by molar-refractivity contribution is -0.0581. The largest absolute Gasteiger partial charge is 0.497 e. The number of carbonyl (C=O) groups excluding carboxylic acids is 1.